The van der Waals surface area contributed by atoms with E-state index in [2.05, 4.69) is 5.32 Å². The van der Waals surface area contributed by atoms with Gasteiger partial charge in [-0.3, -0.25) is 9.59 Å². The first-order chi connectivity index (χ1) is 61.0. The molecule has 9 aromatic rings. The van der Waals surface area contributed by atoms with Gasteiger partial charge in [-0.2, -0.15) is 0 Å². The van der Waals surface area contributed by atoms with Gasteiger partial charge >= 0.3 is 5.97 Å². The van der Waals surface area contributed by atoms with E-state index in [1.807, 2.05) is 301 Å². The number of hydrogen-bond acceptors (Lipinski definition) is 23. The van der Waals surface area contributed by atoms with Crippen molar-refractivity contribution in [2.24, 2.45) is 0 Å². The van der Waals surface area contributed by atoms with Gasteiger partial charge in [-0.1, -0.05) is 273 Å². The average Bonchev–Trinajstić information content (AvgIpc) is 0.748. The van der Waals surface area contributed by atoms with Crippen LogP contribution in [0.4, 0.5) is 0 Å². The fourth-order valence-corrected chi connectivity index (χ4v) is 17.1. The number of nitrogens with one attached hydrogen (secondary N) is 1. The van der Waals surface area contributed by atoms with Crippen LogP contribution in [-0.2, 0) is 169 Å². The topological polar surface area (TPSA) is 240 Å². The first-order valence-electron chi connectivity index (χ1n) is 43.5. The van der Waals surface area contributed by atoms with Crippen molar-refractivity contribution in [1.82, 2.24) is 5.32 Å². The molecular formula is C101H117NO23. The van der Waals surface area contributed by atoms with Crippen LogP contribution < -0.4 is 5.32 Å². The third-order valence-corrected chi connectivity index (χ3v) is 23.2. The predicted molar refractivity (Wildman–Crippen MR) is 460 cm³/mol. The maximum atomic E-state index is 14.7. The highest BCUT2D eigenvalue weighted by Gasteiger charge is 2.61. The van der Waals surface area contributed by atoms with Crippen LogP contribution in [0.3, 0.4) is 0 Å². The van der Waals surface area contributed by atoms with E-state index in [1.165, 1.54) is 13.8 Å². The van der Waals surface area contributed by atoms with Gasteiger partial charge in [0.15, 0.2) is 37.1 Å². The van der Waals surface area contributed by atoms with Crippen LogP contribution in [0.5, 0.6) is 0 Å². The maximum absolute atomic E-state index is 14.7. The molecule has 6 aliphatic rings. The van der Waals surface area contributed by atoms with Crippen molar-refractivity contribution < 1.29 is 109 Å². The number of benzene rings is 9. The Hall–Kier alpha value is -8.88. The summed E-state index contributed by atoms with van der Waals surface area (Å²) in [6.07, 6.45) is -26.2. The molecule has 6 fully saturated rings. The summed E-state index contributed by atoms with van der Waals surface area (Å²) < 4.78 is 152. The number of carbonyl (C=O) groups excluding carboxylic acids is 2. The van der Waals surface area contributed by atoms with Gasteiger partial charge in [0.25, 0.3) is 0 Å². The quantitative estimate of drug-likeness (QED) is 0.0354. The second-order valence-electron chi connectivity index (χ2n) is 33.1. The number of hydrogen-bond donors (Lipinski definition) is 1. The molecule has 10 unspecified atom stereocenters. The molecule has 6 saturated heterocycles. The first-order valence-corrected chi connectivity index (χ1v) is 43.5. The molecule has 0 bridgehead atoms. The lowest BCUT2D eigenvalue weighted by Crippen LogP contribution is -2.72. The molecule has 9 aromatic carbocycles. The SMILES string of the molecule is CC(=O)NC1[C@H](OC2[C@H](OC3[C@H](C)OC(C)[C@H](OCc4ccccc4)[C@H]3OCc3ccccc3)OC(C)[C@H](OCc3ccccc3)[C@H]2O[C@H]2O[C@H](COCc3ccccc3)[C@@H](OCc3ccccc3)C(OCc3ccccc3)C2OCc2ccccc2)OC2COC(C)(C)O[C@@H]2[C@@H]1O[C@@H]1OC(C)[C@H](OCc2ccccc2)[C@@H](OCc2ccccc2)C1OC(C)=O. The summed E-state index contributed by atoms with van der Waals surface area (Å²) in [7, 11) is 0. The molecule has 25 atom stereocenters. The molecule has 24 nitrogen and oxygen atoms in total. The molecule has 0 radical (unpaired) electrons. The Kier molecular flexibility index (Phi) is 32.5. The Bertz CT molecular complexity index is 4660. The highest BCUT2D eigenvalue weighted by Crippen LogP contribution is 2.44. The molecule has 1 amide bonds. The van der Waals surface area contributed by atoms with Crippen molar-refractivity contribution in [2.45, 2.75) is 274 Å². The van der Waals surface area contributed by atoms with E-state index in [9.17, 15) is 9.59 Å². The molecule has 0 saturated carbocycles. The normalized spacial score (nSPS) is 30.9. The second kappa shape index (κ2) is 44.7. The lowest BCUT2D eigenvalue weighted by Gasteiger charge is -2.55. The van der Waals surface area contributed by atoms with E-state index in [4.69, 9.17) is 99.5 Å². The second-order valence-corrected chi connectivity index (χ2v) is 33.1. The molecule has 1 N–H and O–H groups in total. The van der Waals surface area contributed by atoms with Crippen molar-refractivity contribution >= 4 is 11.9 Å². The van der Waals surface area contributed by atoms with E-state index >= 15 is 0 Å². The van der Waals surface area contributed by atoms with E-state index in [0.717, 1.165) is 50.1 Å². The summed E-state index contributed by atoms with van der Waals surface area (Å²) >= 11 is 0. The van der Waals surface area contributed by atoms with Gasteiger partial charge in [-0.15, -0.1) is 0 Å². The van der Waals surface area contributed by atoms with E-state index in [-0.39, 0.29) is 72.7 Å². The fourth-order valence-electron chi connectivity index (χ4n) is 17.1. The molecule has 15 rings (SSSR count). The van der Waals surface area contributed by atoms with Gasteiger partial charge < -0.3 is 105 Å². The highest BCUT2D eigenvalue weighted by molar-refractivity contribution is 5.73. The zero-order valence-electron chi connectivity index (χ0n) is 72.1. The molecule has 24 heteroatoms. The van der Waals surface area contributed by atoms with Crippen molar-refractivity contribution in [3.63, 3.8) is 0 Å². The summed E-state index contributed by atoms with van der Waals surface area (Å²) in [5, 5.41) is 3.22. The molecule has 0 aromatic heterocycles. The van der Waals surface area contributed by atoms with Crippen LogP contribution in [0.25, 0.3) is 0 Å². The summed E-state index contributed by atoms with van der Waals surface area (Å²) in [5.41, 5.74) is 7.98. The number of ether oxygens (including phenoxy) is 21. The maximum Gasteiger partial charge on any atom is 0.303 e. The Labute approximate surface area is 732 Å². The Morgan fingerprint density at radius 2 is 0.624 bits per heavy atom. The third kappa shape index (κ3) is 24.7. The highest BCUT2D eigenvalue weighted by atomic mass is 16.8. The molecule has 0 spiro atoms. The smallest absolute Gasteiger partial charge is 0.303 e. The zero-order valence-corrected chi connectivity index (χ0v) is 72.1. The van der Waals surface area contributed by atoms with Crippen molar-refractivity contribution in [3.8, 4) is 0 Å². The molecular weight excluding hydrogens is 1600 g/mol. The number of amides is 1. The van der Waals surface area contributed by atoms with Gasteiger partial charge in [0, 0.05) is 13.8 Å². The summed E-state index contributed by atoms with van der Waals surface area (Å²) in [6, 6.07) is 87.2. The molecule has 125 heavy (non-hydrogen) atoms. The van der Waals surface area contributed by atoms with Crippen molar-refractivity contribution in [3.05, 3.63) is 323 Å². The lowest BCUT2D eigenvalue weighted by molar-refractivity contribution is -0.420. The fraction of sp³-hybridized carbons (Fsp3) is 0.446. The molecule has 664 valence electrons. The molecule has 6 heterocycles. The van der Waals surface area contributed by atoms with Crippen molar-refractivity contribution in [1.29, 1.82) is 0 Å². The number of esters is 1. The number of fused-ring (bicyclic) bond motifs is 1. The standard InChI is InChI=1S/C101H117NO23/c1-65-83(106-55-72-38-20-10-21-39-72)90(110-59-76-46-28-14-29-47-76)86(68(4)115-65)121-100-96(124-97-82(102-69(5)103)89(88-81(119-97)64-114-101(7,8)125-88)122-99-95(118-70(6)104)91(111-60-77-48-30-15-31-49-77)84(66(2)116-99)107-56-73-40-22-11-23-41-73)93(85(67(3)117-100)108-57-74-42-24-12-25-43-74)123-98-94(113-62-79-52-34-17-35-53-79)92(112-61-78-50-32-16-33-51-78)87(109-58-75-44-26-13-27-45-75)80(120-98)63-105-54-71-36-18-9-19-37-71/h9-53,65-68,80-100H,54-64H2,1-8H3,(H,102,103)/t65?,66?,67?,68-,80+,81?,82?,83-,84-,85-,86?,87+,88-,89+,90+,91+,92?,93+,94?,95?,96?,97-,98+,99-,100-/m0/s1. The van der Waals surface area contributed by atoms with Crippen molar-refractivity contribution in [2.75, 3.05) is 13.2 Å². The minimum atomic E-state index is -1.60. The molecule has 0 aliphatic carbocycles. The number of carbonyl (C=O) groups is 2. The monoisotopic (exact) mass is 1710 g/mol. The van der Waals surface area contributed by atoms with Gasteiger partial charge in [-0.25, -0.2) is 0 Å². The van der Waals surface area contributed by atoms with Gasteiger partial charge in [0.1, 0.15) is 97.6 Å². The Morgan fingerprint density at radius 3 is 1.02 bits per heavy atom. The van der Waals surface area contributed by atoms with E-state index < -0.39 is 171 Å². The van der Waals surface area contributed by atoms with E-state index in [0.29, 0.717) is 0 Å². The lowest BCUT2D eigenvalue weighted by atomic mass is 9.93. The summed E-state index contributed by atoms with van der Waals surface area (Å²) in [5.74, 6) is -2.44. The van der Waals surface area contributed by atoms with Crippen LogP contribution in [0, 0.1) is 0 Å². The predicted octanol–water partition coefficient (Wildman–Crippen LogP) is 14.8. The Balaban J connectivity index is 0.876. The number of rotatable bonds is 38. The van der Waals surface area contributed by atoms with Crippen LogP contribution >= 0.6 is 0 Å². The minimum absolute atomic E-state index is 0.0211. The largest absolute Gasteiger partial charge is 0.454 e. The first kappa shape index (κ1) is 90.9. The van der Waals surface area contributed by atoms with Gasteiger partial charge in [-0.05, 0) is 91.6 Å². The van der Waals surface area contributed by atoms with Crippen LogP contribution in [0.2, 0.25) is 0 Å². The van der Waals surface area contributed by atoms with Crippen LogP contribution in [0.15, 0.2) is 273 Å². The average molecular weight is 1710 g/mol. The van der Waals surface area contributed by atoms with Crippen LogP contribution in [-0.4, -0.2) is 184 Å². The van der Waals surface area contributed by atoms with E-state index in [1.54, 1.807) is 13.8 Å². The summed E-state index contributed by atoms with van der Waals surface area (Å²) in [6.45, 7) is 15.0. The minimum Gasteiger partial charge on any atom is -0.454 e. The van der Waals surface area contributed by atoms with Gasteiger partial charge in [0.05, 0.1) is 97.1 Å². The Morgan fingerprint density at radius 1 is 0.320 bits per heavy atom. The third-order valence-electron chi connectivity index (χ3n) is 23.2. The zero-order chi connectivity index (χ0) is 86.4. The molecule has 6 aliphatic heterocycles. The van der Waals surface area contributed by atoms with Gasteiger partial charge in [0.2, 0.25) is 5.91 Å². The van der Waals surface area contributed by atoms with Crippen LogP contribution in [0.1, 0.15) is 105 Å². The summed E-state index contributed by atoms with van der Waals surface area (Å²) in [4.78, 5) is 28.6.